The number of pyridine rings is 2. The van der Waals surface area contributed by atoms with E-state index in [0.717, 1.165) is 34.1 Å². The van der Waals surface area contributed by atoms with Crippen LogP contribution >= 0.6 is 22.7 Å². The number of urea groups is 1. The van der Waals surface area contributed by atoms with Gasteiger partial charge in [-0.2, -0.15) is 13.1 Å². The lowest BCUT2D eigenvalue weighted by Crippen LogP contribution is -2.57. The lowest BCUT2D eigenvalue weighted by atomic mass is 10.0. The van der Waals surface area contributed by atoms with Gasteiger partial charge in [-0.1, -0.05) is 0 Å². The third-order valence-corrected chi connectivity index (χ3v) is 10.5. The van der Waals surface area contributed by atoms with Crippen LogP contribution < -0.4 is 24.6 Å². The van der Waals surface area contributed by atoms with Gasteiger partial charge in [0.15, 0.2) is 0 Å². The number of carbonyl (C=O) groups excluding carboxylic acids is 3. The van der Waals surface area contributed by atoms with Crippen LogP contribution in [0.1, 0.15) is 11.1 Å². The first-order chi connectivity index (χ1) is 25.6. The Bertz CT molecular complexity index is 2460. The number of benzene rings is 2. The van der Waals surface area contributed by atoms with E-state index in [9.17, 15) is 40.4 Å². The van der Waals surface area contributed by atoms with Gasteiger partial charge in [0.25, 0.3) is 0 Å². The molecule has 2 aromatic carbocycles. The van der Waals surface area contributed by atoms with Crippen LogP contribution in [0, 0.1) is 23.3 Å². The fraction of sp³-hybridized carbons (Fsp3) is 0.182. The van der Waals surface area contributed by atoms with E-state index in [1.807, 2.05) is 4.72 Å². The van der Waals surface area contributed by atoms with Gasteiger partial charge in [0.05, 0.1) is 34.8 Å². The van der Waals surface area contributed by atoms with E-state index in [-0.39, 0.29) is 22.5 Å². The highest BCUT2D eigenvalue weighted by molar-refractivity contribution is 7.88. The number of likely N-dealkylation sites (N-methyl/N-ethyl adjacent to an activating group) is 2. The zero-order valence-electron chi connectivity index (χ0n) is 28.0. The van der Waals surface area contributed by atoms with Crippen molar-refractivity contribution in [1.82, 2.24) is 34.7 Å². The number of hydrogen-bond acceptors (Lipinski definition) is 11. The summed E-state index contributed by atoms with van der Waals surface area (Å²) in [4.78, 5) is 60.9. The lowest BCUT2D eigenvalue weighted by molar-refractivity contribution is -0.120. The summed E-state index contributed by atoms with van der Waals surface area (Å²) in [5.74, 6) is -5.62. The molecule has 0 aliphatic rings. The van der Waals surface area contributed by atoms with Crippen molar-refractivity contribution in [2.24, 2.45) is 0 Å². The highest BCUT2D eigenvalue weighted by Gasteiger charge is 2.32. The number of aromatic nitrogens is 4. The van der Waals surface area contributed by atoms with Crippen molar-refractivity contribution >= 4 is 82.8 Å². The van der Waals surface area contributed by atoms with Gasteiger partial charge in [-0.25, -0.2) is 47.0 Å². The predicted molar refractivity (Wildman–Crippen MR) is 193 cm³/mol. The standard InChI is InChI=1S/C33H27F4N9O5S3/c1-45(23-11-25-29(38-13-23)52-15-40-25)31(47)27(7-17-3-19(34)9-20(35)4-17)42-33(49)44-54(50,51)43-28(8-18-5-21(36)10-22(37)6-18)32(48)46(2)24-12-26-30(39-14-24)53-16-41-26/h3-6,9-16,27-28,43H,7-8H2,1-2H3,(H2,42,44,49)/t27-,28-/m0/s1. The minimum absolute atomic E-state index is 0.0463. The minimum atomic E-state index is -4.99. The maximum absolute atomic E-state index is 14.1. The van der Waals surface area contributed by atoms with Gasteiger partial charge in [0.1, 0.15) is 56.0 Å². The number of hydrogen-bond donors (Lipinski definition) is 3. The van der Waals surface area contributed by atoms with Gasteiger partial charge >= 0.3 is 16.2 Å². The summed E-state index contributed by atoms with van der Waals surface area (Å²) in [7, 11) is -2.33. The second-order valence-corrected chi connectivity index (χ2v) is 14.9. The summed E-state index contributed by atoms with van der Waals surface area (Å²) < 4.78 is 86.9. The molecule has 0 bridgehead atoms. The number of nitrogens with one attached hydrogen (secondary N) is 3. The molecule has 0 fully saturated rings. The molecule has 2 atom stereocenters. The van der Waals surface area contributed by atoms with Crippen molar-refractivity contribution in [2.75, 3.05) is 23.9 Å². The predicted octanol–water partition coefficient (Wildman–Crippen LogP) is 4.23. The van der Waals surface area contributed by atoms with E-state index in [1.54, 1.807) is 21.8 Å². The molecule has 0 spiro atoms. The Kier molecular flexibility index (Phi) is 11.1. The number of fused-ring (bicyclic) bond motifs is 2. The first-order valence-corrected chi connectivity index (χ1v) is 18.8. The third-order valence-electron chi connectivity index (χ3n) is 7.93. The molecule has 54 heavy (non-hydrogen) atoms. The molecular weight excluding hydrogens is 775 g/mol. The number of halogens is 4. The zero-order valence-corrected chi connectivity index (χ0v) is 30.4. The molecule has 0 saturated heterocycles. The molecule has 21 heteroatoms. The Morgan fingerprint density at radius 3 is 1.56 bits per heavy atom. The molecule has 0 aliphatic heterocycles. The molecule has 4 aromatic heterocycles. The SMILES string of the molecule is CN(C(=O)[C@H](Cc1cc(F)cc(F)c1)NC(=O)NS(=O)(=O)N[C@@H](Cc1cc(F)cc(F)c1)C(=O)N(C)c1cnc2scnc2c1)c1cnc2scnc2c1. The summed E-state index contributed by atoms with van der Waals surface area (Å²) in [6, 6.07) is 3.15. The van der Waals surface area contributed by atoms with Gasteiger partial charge in [-0.15, -0.1) is 22.7 Å². The summed E-state index contributed by atoms with van der Waals surface area (Å²) in [5, 5.41) is 2.23. The van der Waals surface area contributed by atoms with Crippen LogP contribution in [0.2, 0.25) is 0 Å². The number of carbonyl (C=O) groups is 3. The molecule has 6 aromatic rings. The van der Waals surface area contributed by atoms with E-state index < -0.39 is 76.2 Å². The van der Waals surface area contributed by atoms with Crippen molar-refractivity contribution in [1.29, 1.82) is 0 Å². The summed E-state index contributed by atoms with van der Waals surface area (Å²) in [6.45, 7) is 0. The maximum Gasteiger partial charge on any atom is 0.330 e. The van der Waals surface area contributed by atoms with Crippen LogP contribution in [-0.2, 0) is 32.6 Å². The summed E-state index contributed by atoms with van der Waals surface area (Å²) in [6.07, 6.45) is 1.66. The minimum Gasteiger partial charge on any atom is -0.325 e. The van der Waals surface area contributed by atoms with Crippen molar-refractivity contribution < 1.29 is 40.4 Å². The summed E-state index contributed by atoms with van der Waals surface area (Å²) >= 11 is 2.51. The third kappa shape index (κ3) is 9.10. The molecule has 3 N–H and O–H groups in total. The molecule has 0 saturated carbocycles. The molecular formula is C33H27F4N9O5S3. The molecule has 0 radical (unpaired) electrons. The van der Waals surface area contributed by atoms with Gasteiger partial charge in [-0.05, 0) is 53.9 Å². The topological polar surface area (TPSA) is 179 Å². The molecule has 0 aliphatic carbocycles. The van der Waals surface area contributed by atoms with Crippen molar-refractivity contribution in [2.45, 2.75) is 24.9 Å². The first-order valence-electron chi connectivity index (χ1n) is 15.6. The van der Waals surface area contributed by atoms with Crippen LogP contribution in [0.4, 0.5) is 33.7 Å². The van der Waals surface area contributed by atoms with Gasteiger partial charge in [0.2, 0.25) is 11.8 Å². The molecule has 4 heterocycles. The molecule has 4 amide bonds. The Balaban J connectivity index is 1.24. The van der Waals surface area contributed by atoms with Crippen molar-refractivity contribution in [3.8, 4) is 0 Å². The maximum atomic E-state index is 14.1. The van der Waals surface area contributed by atoms with Crippen LogP contribution in [0.3, 0.4) is 0 Å². The Morgan fingerprint density at radius 1 is 0.667 bits per heavy atom. The van der Waals surface area contributed by atoms with Crippen LogP contribution in [0.25, 0.3) is 20.7 Å². The lowest BCUT2D eigenvalue weighted by Gasteiger charge is -2.26. The van der Waals surface area contributed by atoms with Crippen LogP contribution in [0.5, 0.6) is 0 Å². The Labute approximate surface area is 312 Å². The van der Waals surface area contributed by atoms with E-state index in [4.69, 9.17) is 0 Å². The highest BCUT2D eigenvalue weighted by atomic mass is 32.2. The zero-order chi connectivity index (χ0) is 38.7. The highest BCUT2D eigenvalue weighted by Crippen LogP contribution is 2.24. The first kappa shape index (κ1) is 38.1. The largest absolute Gasteiger partial charge is 0.330 e. The van der Waals surface area contributed by atoms with Gasteiger partial charge in [-0.3, -0.25) is 9.59 Å². The quantitative estimate of drug-likeness (QED) is 0.153. The second kappa shape index (κ2) is 15.8. The number of thiazole rings is 2. The Morgan fingerprint density at radius 2 is 1.09 bits per heavy atom. The number of amides is 4. The van der Waals surface area contributed by atoms with Gasteiger partial charge < -0.3 is 15.1 Å². The summed E-state index contributed by atoms with van der Waals surface area (Å²) in [5.41, 5.74) is 4.33. The van der Waals surface area contributed by atoms with E-state index >= 15 is 0 Å². The Hall–Kier alpha value is -5.64. The molecule has 14 nitrogen and oxygen atoms in total. The fourth-order valence-electron chi connectivity index (χ4n) is 5.42. The second-order valence-electron chi connectivity index (χ2n) is 11.8. The van der Waals surface area contributed by atoms with E-state index in [0.29, 0.717) is 32.8 Å². The molecule has 6 rings (SSSR count). The van der Waals surface area contributed by atoms with Gasteiger partial charge in [0, 0.05) is 32.6 Å². The number of anilines is 2. The average molecular weight is 802 g/mol. The fourth-order valence-corrected chi connectivity index (χ4v) is 7.56. The average Bonchev–Trinajstić information content (AvgIpc) is 3.77. The van der Waals surface area contributed by atoms with Crippen molar-refractivity contribution in [3.05, 3.63) is 106 Å². The van der Waals surface area contributed by atoms with E-state index in [2.05, 4.69) is 25.3 Å². The normalized spacial score (nSPS) is 12.7. The van der Waals surface area contributed by atoms with Crippen molar-refractivity contribution in [3.63, 3.8) is 0 Å². The smallest absolute Gasteiger partial charge is 0.325 e. The monoisotopic (exact) mass is 801 g/mol. The van der Waals surface area contributed by atoms with Crippen LogP contribution in [0.15, 0.2) is 71.9 Å². The molecule has 280 valence electrons. The number of nitrogens with zero attached hydrogens (tertiary/aromatic N) is 6. The number of rotatable bonds is 12. The molecule has 0 unspecified atom stereocenters. The van der Waals surface area contributed by atoms with E-state index in [1.165, 1.54) is 55.2 Å². The van der Waals surface area contributed by atoms with Crippen LogP contribution in [-0.4, -0.2) is 72.4 Å².